The normalized spacial score (nSPS) is 15.4. The highest BCUT2D eigenvalue weighted by Gasteiger charge is 2.34. The van der Waals surface area contributed by atoms with Crippen LogP contribution in [-0.2, 0) is 6.18 Å². The predicted octanol–water partition coefficient (Wildman–Crippen LogP) is 5.32. The summed E-state index contributed by atoms with van der Waals surface area (Å²) in [6.45, 7) is 0. The van der Waals surface area contributed by atoms with Gasteiger partial charge in [0.05, 0.1) is 0 Å². The van der Waals surface area contributed by atoms with Crippen LogP contribution in [0.15, 0.2) is 35.2 Å². The molecule has 25 heavy (non-hydrogen) atoms. The summed E-state index contributed by atoms with van der Waals surface area (Å²) in [5, 5.41) is 5.99. The second-order valence-electron chi connectivity index (χ2n) is 5.94. The van der Waals surface area contributed by atoms with Crippen LogP contribution in [0.4, 0.5) is 30.6 Å². The lowest BCUT2D eigenvalue weighted by Crippen LogP contribution is -2.19. The minimum Gasteiger partial charge on any atom is -0.351 e. The highest BCUT2D eigenvalue weighted by atomic mass is 32.2. The van der Waals surface area contributed by atoms with Gasteiger partial charge in [-0.2, -0.15) is 18.2 Å². The van der Waals surface area contributed by atoms with Crippen LogP contribution in [-0.4, -0.2) is 22.3 Å². The van der Waals surface area contributed by atoms with E-state index >= 15 is 0 Å². The van der Waals surface area contributed by atoms with Crippen molar-refractivity contribution in [1.29, 1.82) is 0 Å². The van der Waals surface area contributed by atoms with Crippen LogP contribution < -0.4 is 10.6 Å². The lowest BCUT2D eigenvalue weighted by atomic mass is 10.2. The maximum absolute atomic E-state index is 13.2. The number of rotatable bonds is 5. The number of alkyl halides is 3. The molecule has 1 aromatic carbocycles. The standard InChI is InChI=1S/C17H19F3N4S/c1-25-13-8-4-7-12(9-13)21-15-10-14(17(18,19)20)23-16(24-15)22-11-5-2-3-6-11/h4,7-11H,2-3,5-6H2,1H3,(H2,21,22,23,24). The van der Waals surface area contributed by atoms with E-state index in [9.17, 15) is 13.2 Å². The first-order valence-electron chi connectivity index (χ1n) is 8.08. The molecule has 0 aliphatic heterocycles. The number of hydrogen-bond donors (Lipinski definition) is 2. The second kappa shape index (κ2) is 7.51. The average molecular weight is 368 g/mol. The zero-order chi connectivity index (χ0) is 17.9. The Morgan fingerprint density at radius 2 is 1.88 bits per heavy atom. The lowest BCUT2D eigenvalue weighted by molar-refractivity contribution is -0.141. The van der Waals surface area contributed by atoms with Gasteiger partial charge < -0.3 is 10.6 Å². The van der Waals surface area contributed by atoms with E-state index < -0.39 is 11.9 Å². The summed E-state index contributed by atoms with van der Waals surface area (Å²) < 4.78 is 39.5. The summed E-state index contributed by atoms with van der Waals surface area (Å²) in [5.41, 5.74) is -0.267. The molecule has 1 saturated carbocycles. The molecule has 1 aliphatic rings. The minimum atomic E-state index is -4.52. The Labute approximate surface area is 148 Å². The maximum atomic E-state index is 13.2. The van der Waals surface area contributed by atoms with Gasteiger partial charge in [0.1, 0.15) is 5.82 Å². The average Bonchev–Trinajstić information content (AvgIpc) is 3.07. The summed E-state index contributed by atoms with van der Waals surface area (Å²) in [4.78, 5) is 8.89. The fourth-order valence-corrected chi connectivity index (χ4v) is 3.28. The molecule has 0 amide bonds. The molecule has 2 N–H and O–H groups in total. The van der Waals surface area contributed by atoms with Crippen LogP contribution >= 0.6 is 11.8 Å². The number of nitrogens with one attached hydrogen (secondary N) is 2. The van der Waals surface area contributed by atoms with E-state index in [4.69, 9.17) is 0 Å². The summed E-state index contributed by atoms with van der Waals surface area (Å²) in [6.07, 6.45) is 1.42. The van der Waals surface area contributed by atoms with Crippen molar-refractivity contribution in [1.82, 2.24) is 9.97 Å². The molecule has 134 valence electrons. The Morgan fingerprint density at radius 3 is 2.56 bits per heavy atom. The monoisotopic (exact) mass is 368 g/mol. The topological polar surface area (TPSA) is 49.8 Å². The number of aromatic nitrogens is 2. The van der Waals surface area contributed by atoms with E-state index in [0.29, 0.717) is 5.69 Å². The van der Waals surface area contributed by atoms with Crippen molar-refractivity contribution in [3.05, 3.63) is 36.0 Å². The fraction of sp³-hybridized carbons (Fsp3) is 0.412. The summed E-state index contributed by atoms with van der Waals surface area (Å²) in [5.74, 6) is 0.145. The van der Waals surface area contributed by atoms with Gasteiger partial charge in [0.2, 0.25) is 5.95 Å². The second-order valence-corrected chi connectivity index (χ2v) is 6.82. The SMILES string of the molecule is CSc1cccc(Nc2cc(C(F)(F)F)nc(NC3CCCC3)n2)c1. The third kappa shape index (κ3) is 4.78. The molecule has 0 radical (unpaired) electrons. The summed E-state index contributed by atoms with van der Waals surface area (Å²) in [7, 11) is 0. The lowest BCUT2D eigenvalue weighted by Gasteiger charge is -2.16. The third-order valence-electron chi connectivity index (χ3n) is 4.05. The van der Waals surface area contributed by atoms with Gasteiger partial charge >= 0.3 is 6.18 Å². The van der Waals surface area contributed by atoms with Crippen LogP contribution in [0.2, 0.25) is 0 Å². The summed E-state index contributed by atoms with van der Waals surface area (Å²) in [6, 6.07) is 8.51. The molecule has 1 aromatic heterocycles. The van der Waals surface area contributed by atoms with Crippen molar-refractivity contribution in [2.45, 2.75) is 42.8 Å². The predicted molar refractivity (Wildman–Crippen MR) is 94.4 cm³/mol. The third-order valence-corrected chi connectivity index (χ3v) is 4.77. The molecule has 4 nitrogen and oxygen atoms in total. The fourth-order valence-electron chi connectivity index (χ4n) is 2.82. The Bertz CT molecular complexity index is 730. The quantitative estimate of drug-likeness (QED) is 0.700. The molecule has 0 bridgehead atoms. The Kier molecular flexibility index (Phi) is 5.36. The molecular weight excluding hydrogens is 349 g/mol. The number of benzene rings is 1. The number of hydrogen-bond acceptors (Lipinski definition) is 5. The Balaban J connectivity index is 1.88. The first-order valence-corrected chi connectivity index (χ1v) is 9.30. The van der Waals surface area contributed by atoms with E-state index in [-0.39, 0.29) is 17.8 Å². The van der Waals surface area contributed by atoms with Gasteiger partial charge in [-0.3, -0.25) is 0 Å². The maximum Gasteiger partial charge on any atom is 0.433 e. The van der Waals surface area contributed by atoms with Crippen LogP contribution in [0.5, 0.6) is 0 Å². The van der Waals surface area contributed by atoms with Crippen LogP contribution in [0.1, 0.15) is 31.4 Å². The van der Waals surface area contributed by atoms with Crippen molar-refractivity contribution >= 4 is 29.2 Å². The molecular formula is C17H19F3N4S. The number of anilines is 3. The molecule has 0 unspecified atom stereocenters. The molecule has 1 fully saturated rings. The van der Waals surface area contributed by atoms with Crippen molar-refractivity contribution in [3.8, 4) is 0 Å². The van der Waals surface area contributed by atoms with E-state index in [1.807, 2.05) is 24.5 Å². The van der Waals surface area contributed by atoms with Crippen LogP contribution in [0.25, 0.3) is 0 Å². The van der Waals surface area contributed by atoms with Gasteiger partial charge in [0.25, 0.3) is 0 Å². The van der Waals surface area contributed by atoms with Gasteiger partial charge in [0, 0.05) is 22.7 Å². The van der Waals surface area contributed by atoms with Gasteiger partial charge in [-0.05, 0) is 37.3 Å². The Hall–Kier alpha value is -1.96. The van der Waals surface area contributed by atoms with E-state index in [1.165, 1.54) is 0 Å². The minimum absolute atomic E-state index is 0.0187. The van der Waals surface area contributed by atoms with Gasteiger partial charge in [0.15, 0.2) is 5.69 Å². The number of halogens is 3. The zero-order valence-electron chi connectivity index (χ0n) is 13.7. The highest BCUT2D eigenvalue weighted by molar-refractivity contribution is 7.98. The van der Waals surface area contributed by atoms with Crippen LogP contribution in [0, 0.1) is 0 Å². The van der Waals surface area contributed by atoms with Crippen molar-refractivity contribution < 1.29 is 13.2 Å². The van der Waals surface area contributed by atoms with Gasteiger partial charge in [-0.25, -0.2) is 4.98 Å². The smallest absolute Gasteiger partial charge is 0.351 e. The first kappa shape index (κ1) is 17.8. The van der Waals surface area contributed by atoms with E-state index in [1.54, 1.807) is 17.8 Å². The zero-order valence-corrected chi connectivity index (χ0v) is 14.5. The largest absolute Gasteiger partial charge is 0.433 e. The van der Waals surface area contributed by atoms with Crippen molar-refractivity contribution in [2.24, 2.45) is 0 Å². The van der Waals surface area contributed by atoms with Crippen molar-refractivity contribution in [3.63, 3.8) is 0 Å². The van der Waals surface area contributed by atoms with Gasteiger partial charge in [-0.1, -0.05) is 18.9 Å². The van der Waals surface area contributed by atoms with E-state index in [0.717, 1.165) is 36.6 Å². The Morgan fingerprint density at radius 1 is 1.12 bits per heavy atom. The molecule has 1 aliphatic carbocycles. The number of thioether (sulfide) groups is 1. The van der Waals surface area contributed by atoms with Gasteiger partial charge in [-0.15, -0.1) is 11.8 Å². The molecule has 3 rings (SSSR count). The highest BCUT2D eigenvalue weighted by Crippen LogP contribution is 2.31. The van der Waals surface area contributed by atoms with Crippen molar-refractivity contribution in [2.75, 3.05) is 16.9 Å². The summed E-state index contributed by atoms with van der Waals surface area (Å²) >= 11 is 1.56. The molecule has 0 saturated heterocycles. The number of nitrogens with zero attached hydrogens (tertiary/aromatic N) is 2. The molecule has 0 atom stereocenters. The van der Waals surface area contributed by atoms with E-state index in [2.05, 4.69) is 20.6 Å². The molecule has 8 heteroatoms. The molecule has 1 heterocycles. The van der Waals surface area contributed by atoms with Crippen LogP contribution in [0.3, 0.4) is 0 Å². The molecule has 2 aromatic rings. The first-order chi connectivity index (χ1) is 11.9. The molecule has 0 spiro atoms.